The molecule has 0 aromatic heterocycles. The third-order valence-corrected chi connectivity index (χ3v) is 2.66. The molecular weight excluding hydrogens is 198 g/mol. The van der Waals surface area contributed by atoms with Gasteiger partial charge in [0.2, 0.25) is 0 Å². The summed E-state index contributed by atoms with van der Waals surface area (Å²) in [6.45, 7) is 3.86. The molecule has 1 aromatic rings. The standard InChI is InChI=1S/C11H16ClNO/c1-3-10(14)11(13)9-5-4-8(12)6-7(9)2/h4-6,10-11,14H,3,13H2,1-2H3/t10-,11+/m0/s1. The topological polar surface area (TPSA) is 46.2 Å². The summed E-state index contributed by atoms with van der Waals surface area (Å²) in [4.78, 5) is 0. The van der Waals surface area contributed by atoms with Gasteiger partial charge in [-0.15, -0.1) is 0 Å². The summed E-state index contributed by atoms with van der Waals surface area (Å²) in [5.74, 6) is 0. The quantitative estimate of drug-likeness (QED) is 0.810. The van der Waals surface area contributed by atoms with Gasteiger partial charge in [-0.2, -0.15) is 0 Å². The van der Waals surface area contributed by atoms with Gasteiger partial charge in [-0.05, 0) is 36.6 Å². The fourth-order valence-corrected chi connectivity index (χ4v) is 1.70. The van der Waals surface area contributed by atoms with Gasteiger partial charge in [0.1, 0.15) is 0 Å². The lowest BCUT2D eigenvalue weighted by atomic mass is 9.96. The van der Waals surface area contributed by atoms with Crippen LogP contribution < -0.4 is 5.73 Å². The number of aryl methyl sites for hydroxylation is 1. The molecule has 2 atom stereocenters. The second kappa shape index (κ2) is 4.78. The number of hydrogen-bond acceptors (Lipinski definition) is 2. The van der Waals surface area contributed by atoms with E-state index in [-0.39, 0.29) is 6.04 Å². The van der Waals surface area contributed by atoms with Crippen molar-refractivity contribution in [3.63, 3.8) is 0 Å². The fourth-order valence-electron chi connectivity index (χ4n) is 1.47. The van der Waals surface area contributed by atoms with Gasteiger partial charge in [-0.1, -0.05) is 24.6 Å². The summed E-state index contributed by atoms with van der Waals surface area (Å²) in [7, 11) is 0. The molecule has 3 N–H and O–H groups in total. The van der Waals surface area contributed by atoms with Gasteiger partial charge in [-0.3, -0.25) is 0 Å². The zero-order valence-corrected chi connectivity index (χ0v) is 9.25. The number of aliphatic hydroxyl groups excluding tert-OH is 1. The van der Waals surface area contributed by atoms with Crippen LogP contribution in [-0.2, 0) is 0 Å². The van der Waals surface area contributed by atoms with E-state index in [1.54, 1.807) is 6.07 Å². The van der Waals surface area contributed by atoms with Gasteiger partial charge in [-0.25, -0.2) is 0 Å². The molecule has 3 heteroatoms. The highest BCUT2D eigenvalue weighted by atomic mass is 35.5. The SMILES string of the molecule is CC[C@H](O)[C@H](N)c1ccc(Cl)cc1C. The maximum absolute atomic E-state index is 9.62. The van der Waals surface area contributed by atoms with E-state index in [1.165, 1.54) is 0 Å². The van der Waals surface area contributed by atoms with Crippen molar-refractivity contribution in [3.8, 4) is 0 Å². The third-order valence-electron chi connectivity index (χ3n) is 2.42. The Bertz CT molecular complexity index is 314. The molecule has 2 nitrogen and oxygen atoms in total. The Morgan fingerprint density at radius 1 is 1.50 bits per heavy atom. The van der Waals surface area contributed by atoms with Gasteiger partial charge in [0.15, 0.2) is 0 Å². The zero-order valence-electron chi connectivity index (χ0n) is 8.50. The number of rotatable bonds is 3. The van der Waals surface area contributed by atoms with E-state index in [1.807, 2.05) is 26.0 Å². The largest absolute Gasteiger partial charge is 0.391 e. The van der Waals surface area contributed by atoms with Crippen LogP contribution in [0, 0.1) is 6.92 Å². The van der Waals surface area contributed by atoms with Crippen LogP contribution in [-0.4, -0.2) is 11.2 Å². The average Bonchev–Trinajstić information content (AvgIpc) is 2.15. The summed E-state index contributed by atoms with van der Waals surface area (Å²) in [6, 6.07) is 5.21. The number of nitrogens with two attached hydrogens (primary N) is 1. The maximum atomic E-state index is 9.62. The van der Waals surface area contributed by atoms with Gasteiger partial charge in [0.05, 0.1) is 12.1 Å². The van der Waals surface area contributed by atoms with E-state index < -0.39 is 6.10 Å². The fraction of sp³-hybridized carbons (Fsp3) is 0.455. The van der Waals surface area contributed by atoms with Crippen molar-refractivity contribution < 1.29 is 5.11 Å². The van der Waals surface area contributed by atoms with Crippen molar-refractivity contribution in [3.05, 3.63) is 34.3 Å². The molecule has 1 rings (SSSR count). The third kappa shape index (κ3) is 2.47. The van der Waals surface area contributed by atoms with E-state index in [2.05, 4.69) is 0 Å². The first-order valence-electron chi connectivity index (χ1n) is 4.76. The van der Waals surface area contributed by atoms with Crippen LogP contribution in [0.1, 0.15) is 30.5 Å². The molecule has 1 aromatic carbocycles. The molecule has 0 radical (unpaired) electrons. The molecule has 0 amide bonds. The zero-order chi connectivity index (χ0) is 10.7. The van der Waals surface area contributed by atoms with Crippen LogP contribution in [0.4, 0.5) is 0 Å². The van der Waals surface area contributed by atoms with E-state index >= 15 is 0 Å². The Morgan fingerprint density at radius 3 is 2.64 bits per heavy atom. The Labute approximate surface area is 89.7 Å². The van der Waals surface area contributed by atoms with Crippen LogP contribution in [0.2, 0.25) is 5.02 Å². The van der Waals surface area contributed by atoms with Crippen molar-refractivity contribution in [1.29, 1.82) is 0 Å². The molecule has 0 aliphatic heterocycles. The van der Waals surface area contributed by atoms with Gasteiger partial charge in [0, 0.05) is 5.02 Å². The first-order valence-corrected chi connectivity index (χ1v) is 5.13. The minimum absolute atomic E-state index is 0.322. The molecule has 0 heterocycles. The molecule has 0 saturated heterocycles. The Balaban J connectivity index is 2.95. The van der Waals surface area contributed by atoms with E-state index in [0.29, 0.717) is 11.4 Å². The smallest absolute Gasteiger partial charge is 0.0730 e. The van der Waals surface area contributed by atoms with Crippen LogP contribution in [0.5, 0.6) is 0 Å². The second-order valence-corrected chi connectivity index (χ2v) is 3.94. The van der Waals surface area contributed by atoms with Gasteiger partial charge < -0.3 is 10.8 Å². The summed E-state index contributed by atoms with van der Waals surface area (Å²) in [5.41, 5.74) is 7.89. The molecule has 78 valence electrons. The highest BCUT2D eigenvalue weighted by Crippen LogP contribution is 2.22. The first kappa shape index (κ1) is 11.5. The average molecular weight is 214 g/mol. The predicted octanol–water partition coefficient (Wildman–Crippen LogP) is 2.42. The van der Waals surface area contributed by atoms with E-state index in [0.717, 1.165) is 11.1 Å². The Morgan fingerprint density at radius 2 is 2.14 bits per heavy atom. The van der Waals surface area contributed by atoms with Crippen LogP contribution in [0.25, 0.3) is 0 Å². The molecule has 14 heavy (non-hydrogen) atoms. The van der Waals surface area contributed by atoms with Crippen molar-refractivity contribution in [2.75, 3.05) is 0 Å². The second-order valence-electron chi connectivity index (χ2n) is 3.50. The Hall–Kier alpha value is -0.570. The normalized spacial score (nSPS) is 15.2. The molecule has 0 bridgehead atoms. The van der Waals surface area contributed by atoms with Crippen LogP contribution in [0.3, 0.4) is 0 Å². The van der Waals surface area contributed by atoms with E-state index in [9.17, 15) is 5.11 Å². The number of aliphatic hydroxyl groups is 1. The molecule has 0 saturated carbocycles. The summed E-state index contributed by atoms with van der Waals surface area (Å²) in [6.07, 6.45) is 0.165. The lowest BCUT2D eigenvalue weighted by Gasteiger charge is -2.19. The minimum Gasteiger partial charge on any atom is -0.391 e. The monoisotopic (exact) mass is 213 g/mol. The molecule has 0 unspecified atom stereocenters. The first-order chi connectivity index (χ1) is 6.56. The molecule has 0 aliphatic carbocycles. The maximum Gasteiger partial charge on any atom is 0.0730 e. The molecular formula is C11H16ClNO. The molecule has 0 aliphatic rings. The van der Waals surface area contributed by atoms with Crippen molar-refractivity contribution in [1.82, 2.24) is 0 Å². The lowest BCUT2D eigenvalue weighted by molar-refractivity contribution is 0.140. The van der Waals surface area contributed by atoms with Crippen molar-refractivity contribution in [2.24, 2.45) is 5.73 Å². The summed E-state index contributed by atoms with van der Waals surface area (Å²) >= 11 is 5.83. The Kier molecular flexibility index (Phi) is 3.93. The van der Waals surface area contributed by atoms with Gasteiger partial charge in [0.25, 0.3) is 0 Å². The summed E-state index contributed by atoms with van der Waals surface area (Å²) < 4.78 is 0. The van der Waals surface area contributed by atoms with E-state index in [4.69, 9.17) is 17.3 Å². The number of hydrogen-bond donors (Lipinski definition) is 2. The highest BCUT2D eigenvalue weighted by molar-refractivity contribution is 6.30. The van der Waals surface area contributed by atoms with Crippen molar-refractivity contribution >= 4 is 11.6 Å². The molecule has 0 fully saturated rings. The van der Waals surface area contributed by atoms with Crippen LogP contribution >= 0.6 is 11.6 Å². The number of halogens is 1. The predicted molar refractivity (Wildman–Crippen MR) is 59.4 cm³/mol. The molecule has 0 spiro atoms. The van der Waals surface area contributed by atoms with Crippen molar-refractivity contribution in [2.45, 2.75) is 32.4 Å². The number of benzene rings is 1. The van der Waals surface area contributed by atoms with Gasteiger partial charge >= 0.3 is 0 Å². The minimum atomic E-state index is -0.491. The summed E-state index contributed by atoms with van der Waals surface area (Å²) in [5, 5.41) is 10.3. The van der Waals surface area contributed by atoms with Crippen LogP contribution in [0.15, 0.2) is 18.2 Å². The highest BCUT2D eigenvalue weighted by Gasteiger charge is 2.16. The lowest BCUT2D eigenvalue weighted by Crippen LogP contribution is -2.26.